The highest BCUT2D eigenvalue weighted by Crippen LogP contribution is 2.25. The van der Waals surface area contributed by atoms with E-state index in [0.717, 1.165) is 18.6 Å². The lowest BCUT2D eigenvalue weighted by molar-refractivity contribution is 0.228. The summed E-state index contributed by atoms with van der Waals surface area (Å²) >= 11 is 0. The van der Waals surface area contributed by atoms with E-state index in [1.165, 1.54) is 17.5 Å². The van der Waals surface area contributed by atoms with E-state index in [1.54, 1.807) is 7.11 Å². The molecule has 3 nitrogen and oxygen atoms in total. The van der Waals surface area contributed by atoms with E-state index in [-0.39, 0.29) is 0 Å². The van der Waals surface area contributed by atoms with Crippen LogP contribution in [0.1, 0.15) is 17.5 Å². The first kappa shape index (κ1) is 11.4. The van der Waals surface area contributed by atoms with Gasteiger partial charge in [-0.2, -0.15) is 0 Å². The van der Waals surface area contributed by atoms with Crippen LogP contribution in [0.2, 0.25) is 0 Å². The molecule has 2 rings (SSSR count). The third-order valence-corrected chi connectivity index (χ3v) is 3.08. The standard InChI is InChI=1S/C13H20N2O/c1-15(2)14-12-6-4-10-5-7-13(16-3)9-11(10)8-12/h5,7,9,12,14H,4,6,8H2,1-3H3. The Hall–Kier alpha value is -1.06. The summed E-state index contributed by atoms with van der Waals surface area (Å²) in [5.74, 6) is 0.962. The van der Waals surface area contributed by atoms with Gasteiger partial charge in [0.05, 0.1) is 7.11 Å². The third-order valence-electron chi connectivity index (χ3n) is 3.08. The first-order valence-corrected chi connectivity index (χ1v) is 5.78. The van der Waals surface area contributed by atoms with Gasteiger partial charge in [0.25, 0.3) is 0 Å². The van der Waals surface area contributed by atoms with Crippen molar-refractivity contribution in [1.82, 2.24) is 10.4 Å². The van der Waals surface area contributed by atoms with Crippen LogP contribution in [0, 0.1) is 0 Å². The molecule has 0 aromatic heterocycles. The van der Waals surface area contributed by atoms with E-state index in [0.29, 0.717) is 6.04 Å². The highest BCUT2D eigenvalue weighted by Gasteiger charge is 2.19. The minimum absolute atomic E-state index is 0.551. The van der Waals surface area contributed by atoms with Gasteiger partial charge < -0.3 is 4.74 Å². The van der Waals surface area contributed by atoms with Crippen molar-refractivity contribution in [2.24, 2.45) is 0 Å². The van der Waals surface area contributed by atoms with Gasteiger partial charge in [-0.25, -0.2) is 0 Å². The quantitative estimate of drug-likeness (QED) is 0.783. The first-order chi connectivity index (χ1) is 7.69. The van der Waals surface area contributed by atoms with Crippen LogP contribution in [-0.2, 0) is 12.8 Å². The average Bonchev–Trinajstić information content (AvgIpc) is 2.27. The topological polar surface area (TPSA) is 24.5 Å². The maximum Gasteiger partial charge on any atom is 0.119 e. The van der Waals surface area contributed by atoms with E-state index in [2.05, 4.69) is 23.6 Å². The summed E-state index contributed by atoms with van der Waals surface area (Å²) in [5, 5.41) is 2.04. The molecule has 0 heterocycles. The molecule has 0 saturated carbocycles. The summed E-state index contributed by atoms with van der Waals surface area (Å²) in [5.41, 5.74) is 6.34. The molecule has 1 aromatic carbocycles. The number of hydrogen-bond donors (Lipinski definition) is 1. The number of methoxy groups -OCH3 is 1. The lowest BCUT2D eigenvalue weighted by Gasteiger charge is -2.28. The predicted molar refractivity (Wildman–Crippen MR) is 65.6 cm³/mol. The second-order valence-electron chi connectivity index (χ2n) is 4.60. The van der Waals surface area contributed by atoms with Gasteiger partial charge in [-0.15, -0.1) is 0 Å². The molecule has 3 heteroatoms. The van der Waals surface area contributed by atoms with Gasteiger partial charge in [0.1, 0.15) is 5.75 Å². The monoisotopic (exact) mass is 220 g/mol. The molecule has 1 aliphatic carbocycles. The largest absolute Gasteiger partial charge is 0.497 e. The van der Waals surface area contributed by atoms with Crippen LogP contribution in [0.4, 0.5) is 0 Å². The van der Waals surface area contributed by atoms with Crippen molar-refractivity contribution in [3.63, 3.8) is 0 Å². The minimum Gasteiger partial charge on any atom is -0.497 e. The molecule has 16 heavy (non-hydrogen) atoms. The van der Waals surface area contributed by atoms with Crippen molar-refractivity contribution in [2.75, 3.05) is 21.2 Å². The highest BCUT2D eigenvalue weighted by atomic mass is 16.5. The lowest BCUT2D eigenvalue weighted by atomic mass is 9.88. The molecule has 1 N–H and O–H groups in total. The fourth-order valence-corrected chi connectivity index (χ4v) is 2.34. The van der Waals surface area contributed by atoms with Crippen LogP contribution in [-0.4, -0.2) is 32.3 Å². The van der Waals surface area contributed by atoms with Gasteiger partial charge in [0, 0.05) is 20.1 Å². The van der Waals surface area contributed by atoms with Gasteiger partial charge in [-0.1, -0.05) is 6.07 Å². The zero-order valence-electron chi connectivity index (χ0n) is 10.3. The van der Waals surface area contributed by atoms with Crippen LogP contribution < -0.4 is 10.2 Å². The van der Waals surface area contributed by atoms with Gasteiger partial charge in [-0.05, 0) is 42.5 Å². The number of fused-ring (bicyclic) bond motifs is 1. The molecule has 0 aliphatic heterocycles. The molecule has 1 aromatic rings. The Labute approximate surface area is 97.4 Å². The number of benzene rings is 1. The van der Waals surface area contributed by atoms with Gasteiger partial charge in [0.15, 0.2) is 0 Å². The number of hydrazine groups is 1. The molecule has 0 bridgehead atoms. The van der Waals surface area contributed by atoms with Gasteiger partial charge in [0.2, 0.25) is 0 Å². The Balaban J connectivity index is 2.12. The molecule has 1 unspecified atom stereocenters. The van der Waals surface area contributed by atoms with Crippen molar-refractivity contribution >= 4 is 0 Å². The third kappa shape index (κ3) is 2.54. The number of hydrogen-bond acceptors (Lipinski definition) is 3. The number of rotatable bonds is 3. The Bertz CT molecular complexity index is 363. The summed E-state index contributed by atoms with van der Waals surface area (Å²) in [6.07, 6.45) is 3.45. The molecular weight excluding hydrogens is 200 g/mol. The van der Waals surface area contributed by atoms with Crippen LogP contribution in [0.15, 0.2) is 18.2 Å². The molecule has 0 saturated heterocycles. The van der Waals surface area contributed by atoms with E-state index in [9.17, 15) is 0 Å². The molecule has 0 radical (unpaired) electrons. The van der Waals surface area contributed by atoms with Gasteiger partial charge in [-0.3, -0.25) is 10.4 Å². The molecule has 88 valence electrons. The van der Waals surface area contributed by atoms with Crippen LogP contribution >= 0.6 is 0 Å². The van der Waals surface area contributed by atoms with E-state index in [4.69, 9.17) is 4.74 Å². The number of ether oxygens (including phenoxy) is 1. The number of aryl methyl sites for hydroxylation is 1. The predicted octanol–water partition coefficient (Wildman–Crippen LogP) is 1.62. The lowest BCUT2D eigenvalue weighted by Crippen LogP contribution is -2.42. The zero-order valence-corrected chi connectivity index (χ0v) is 10.3. The molecule has 0 spiro atoms. The normalized spacial score (nSPS) is 19.6. The smallest absolute Gasteiger partial charge is 0.119 e. The Morgan fingerprint density at radius 1 is 1.31 bits per heavy atom. The first-order valence-electron chi connectivity index (χ1n) is 5.78. The van der Waals surface area contributed by atoms with Crippen molar-refractivity contribution in [1.29, 1.82) is 0 Å². The van der Waals surface area contributed by atoms with Gasteiger partial charge >= 0.3 is 0 Å². The number of nitrogens with one attached hydrogen (secondary N) is 1. The maximum atomic E-state index is 5.27. The maximum absolute atomic E-state index is 5.27. The minimum atomic E-state index is 0.551. The van der Waals surface area contributed by atoms with Crippen molar-refractivity contribution in [2.45, 2.75) is 25.3 Å². The second kappa shape index (κ2) is 4.85. The van der Waals surface area contributed by atoms with Crippen LogP contribution in [0.25, 0.3) is 0 Å². The van der Waals surface area contributed by atoms with Crippen molar-refractivity contribution < 1.29 is 4.74 Å². The summed E-state index contributed by atoms with van der Waals surface area (Å²) < 4.78 is 5.27. The Morgan fingerprint density at radius 2 is 2.12 bits per heavy atom. The van der Waals surface area contributed by atoms with Crippen molar-refractivity contribution in [3.05, 3.63) is 29.3 Å². The average molecular weight is 220 g/mol. The zero-order chi connectivity index (χ0) is 11.5. The molecule has 0 fully saturated rings. The molecule has 1 aliphatic rings. The molecule has 1 atom stereocenters. The SMILES string of the molecule is COc1ccc2c(c1)CC(NN(C)C)CC2. The highest BCUT2D eigenvalue weighted by molar-refractivity contribution is 5.37. The van der Waals surface area contributed by atoms with E-state index >= 15 is 0 Å². The van der Waals surface area contributed by atoms with Crippen LogP contribution in [0.3, 0.4) is 0 Å². The number of nitrogens with zero attached hydrogens (tertiary/aromatic N) is 1. The molecular formula is C13H20N2O. The molecule has 0 amide bonds. The van der Waals surface area contributed by atoms with E-state index in [1.807, 2.05) is 19.1 Å². The fraction of sp³-hybridized carbons (Fsp3) is 0.538. The van der Waals surface area contributed by atoms with Crippen LogP contribution in [0.5, 0.6) is 5.75 Å². The summed E-state index contributed by atoms with van der Waals surface area (Å²) in [7, 11) is 5.81. The van der Waals surface area contributed by atoms with E-state index < -0.39 is 0 Å². The Morgan fingerprint density at radius 3 is 2.81 bits per heavy atom. The van der Waals surface area contributed by atoms with Crippen molar-refractivity contribution in [3.8, 4) is 5.75 Å². The second-order valence-corrected chi connectivity index (χ2v) is 4.60. The fourth-order valence-electron chi connectivity index (χ4n) is 2.34. The Kier molecular flexibility index (Phi) is 3.46. The summed E-state index contributed by atoms with van der Waals surface area (Å²) in [6.45, 7) is 0. The summed E-state index contributed by atoms with van der Waals surface area (Å²) in [6, 6.07) is 6.96. The summed E-state index contributed by atoms with van der Waals surface area (Å²) in [4.78, 5) is 0.